The number of nitrogens with one attached hydrogen (secondary N) is 2. The lowest BCUT2D eigenvalue weighted by Crippen LogP contribution is -2.45. The monoisotopic (exact) mass is 311 g/mol. The summed E-state index contributed by atoms with van der Waals surface area (Å²) in [5, 5.41) is 5.63. The fourth-order valence-electron chi connectivity index (χ4n) is 1.80. The van der Waals surface area contributed by atoms with Gasteiger partial charge in [-0.1, -0.05) is 32.4 Å². The van der Waals surface area contributed by atoms with Gasteiger partial charge in [0.05, 0.1) is 22.4 Å². The van der Waals surface area contributed by atoms with Crippen LogP contribution in [0.1, 0.15) is 20.8 Å². The third-order valence-corrected chi connectivity index (χ3v) is 3.49. The Balaban J connectivity index is 2.22. The zero-order chi connectivity index (χ0) is 15.8. The second-order valence-corrected chi connectivity index (χ2v) is 6.41. The minimum absolute atomic E-state index is 0.0659. The average molecular weight is 312 g/mol. The number of halogens is 1. The van der Waals surface area contributed by atoms with Crippen LogP contribution in [0.5, 0.6) is 5.75 Å². The number of benzene rings is 1. The van der Waals surface area contributed by atoms with Crippen molar-refractivity contribution < 1.29 is 14.3 Å². The summed E-state index contributed by atoms with van der Waals surface area (Å²) in [5.74, 6) is -0.118. The highest BCUT2D eigenvalue weighted by Gasteiger charge is 2.28. The molecule has 21 heavy (non-hydrogen) atoms. The van der Waals surface area contributed by atoms with E-state index < -0.39 is 6.04 Å². The van der Waals surface area contributed by atoms with Gasteiger partial charge in [0.15, 0.2) is 6.61 Å². The third-order valence-electron chi connectivity index (χ3n) is 3.18. The van der Waals surface area contributed by atoms with Gasteiger partial charge in [0, 0.05) is 6.07 Å². The van der Waals surface area contributed by atoms with Crippen molar-refractivity contribution in [2.45, 2.75) is 26.8 Å². The zero-order valence-corrected chi connectivity index (χ0v) is 12.9. The van der Waals surface area contributed by atoms with Gasteiger partial charge in [0.2, 0.25) is 5.91 Å². The topological polar surface area (TPSA) is 93.5 Å². The summed E-state index contributed by atoms with van der Waals surface area (Å²) in [6, 6.07) is 2.43. The van der Waals surface area contributed by atoms with Crippen LogP contribution in [0, 0.1) is 5.41 Å². The smallest absolute Gasteiger partial charge is 0.262 e. The second kappa shape index (κ2) is 5.54. The van der Waals surface area contributed by atoms with Crippen LogP contribution in [0.25, 0.3) is 0 Å². The third kappa shape index (κ3) is 3.46. The molecule has 2 amide bonds. The van der Waals surface area contributed by atoms with Gasteiger partial charge in [-0.3, -0.25) is 9.59 Å². The summed E-state index contributed by atoms with van der Waals surface area (Å²) >= 11 is 6.11. The van der Waals surface area contributed by atoms with Crippen molar-refractivity contribution >= 4 is 34.8 Å². The number of anilines is 2. The van der Waals surface area contributed by atoms with Crippen molar-refractivity contribution in [3.63, 3.8) is 0 Å². The van der Waals surface area contributed by atoms with E-state index >= 15 is 0 Å². The lowest BCUT2D eigenvalue weighted by molar-refractivity contribution is -0.120. The van der Waals surface area contributed by atoms with E-state index in [-0.39, 0.29) is 23.8 Å². The Morgan fingerprint density at radius 2 is 2.14 bits per heavy atom. The first-order chi connectivity index (χ1) is 9.68. The predicted octanol–water partition coefficient (Wildman–Crippen LogP) is 1.98. The normalized spacial score (nSPS) is 15.6. The van der Waals surface area contributed by atoms with Crippen LogP contribution in [0.3, 0.4) is 0 Å². The second-order valence-electron chi connectivity index (χ2n) is 6.00. The predicted molar refractivity (Wildman–Crippen MR) is 81.6 cm³/mol. The molecule has 0 spiro atoms. The fourth-order valence-corrected chi connectivity index (χ4v) is 2.01. The van der Waals surface area contributed by atoms with Crippen LogP contribution in [0.2, 0.25) is 5.02 Å². The van der Waals surface area contributed by atoms with Crippen molar-refractivity contribution in [1.82, 2.24) is 0 Å². The van der Waals surface area contributed by atoms with E-state index in [1.54, 1.807) is 6.07 Å². The Morgan fingerprint density at radius 1 is 1.48 bits per heavy atom. The van der Waals surface area contributed by atoms with Crippen LogP contribution in [0.4, 0.5) is 11.4 Å². The van der Waals surface area contributed by atoms with E-state index in [1.165, 1.54) is 6.07 Å². The van der Waals surface area contributed by atoms with E-state index in [0.717, 1.165) is 0 Å². The summed E-state index contributed by atoms with van der Waals surface area (Å²) in [4.78, 5) is 23.4. The first kappa shape index (κ1) is 15.6. The fraction of sp³-hybridized carbons (Fsp3) is 0.429. The van der Waals surface area contributed by atoms with Crippen LogP contribution in [0.15, 0.2) is 12.1 Å². The average Bonchev–Trinajstić information content (AvgIpc) is 2.37. The number of hydrogen-bond donors (Lipinski definition) is 3. The van der Waals surface area contributed by atoms with Gasteiger partial charge < -0.3 is 21.1 Å². The molecular weight excluding hydrogens is 294 g/mol. The SMILES string of the molecule is CC(C)(C)[C@H](N)C(=O)Nc1cc2c(cc1Cl)NC(=O)CO2. The molecule has 0 bridgehead atoms. The van der Waals surface area contributed by atoms with Gasteiger partial charge >= 0.3 is 0 Å². The highest BCUT2D eigenvalue weighted by molar-refractivity contribution is 6.34. The summed E-state index contributed by atoms with van der Waals surface area (Å²) in [7, 11) is 0. The summed E-state index contributed by atoms with van der Waals surface area (Å²) in [5.41, 5.74) is 6.42. The molecule has 6 nitrogen and oxygen atoms in total. The largest absolute Gasteiger partial charge is 0.482 e. The van der Waals surface area contributed by atoms with Gasteiger partial charge in [-0.05, 0) is 11.5 Å². The van der Waals surface area contributed by atoms with E-state index in [4.69, 9.17) is 22.1 Å². The van der Waals surface area contributed by atoms with Gasteiger partial charge in [0.1, 0.15) is 5.75 Å². The number of amides is 2. The molecule has 1 heterocycles. The molecule has 114 valence electrons. The summed E-state index contributed by atoms with van der Waals surface area (Å²) in [6.07, 6.45) is 0. The highest BCUT2D eigenvalue weighted by Crippen LogP contribution is 2.36. The van der Waals surface area contributed by atoms with Gasteiger partial charge in [-0.15, -0.1) is 0 Å². The molecule has 1 aromatic carbocycles. The first-order valence-electron chi connectivity index (χ1n) is 6.51. The van der Waals surface area contributed by atoms with Crippen molar-refractivity contribution in [1.29, 1.82) is 0 Å². The maximum absolute atomic E-state index is 12.1. The van der Waals surface area contributed by atoms with Crippen LogP contribution in [-0.2, 0) is 9.59 Å². The molecule has 1 aliphatic heterocycles. The molecule has 0 saturated carbocycles. The molecule has 7 heteroatoms. The Bertz CT molecular complexity index is 596. The van der Waals surface area contributed by atoms with Crippen LogP contribution < -0.4 is 21.1 Å². The summed E-state index contributed by atoms with van der Waals surface area (Å²) in [6.45, 7) is 5.57. The number of carbonyl (C=O) groups is 2. The molecule has 0 aliphatic carbocycles. The Labute approximate surface area is 128 Å². The number of rotatable bonds is 2. The summed E-state index contributed by atoms with van der Waals surface area (Å²) < 4.78 is 5.29. The Hall–Kier alpha value is -1.79. The zero-order valence-electron chi connectivity index (χ0n) is 12.1. The number of hydrogen-bond acceptors (Lipinski definition) is 4. The lowest BCUT2D eigenvalue weighted by Gasteiger charge is -2.26. The van der Waals surface area contributed by atoms with E-state index in [2.05, 4.69) is 10.6 Å². The molecule has 1 aromatic rings. The molecule has 0 saturated heterocycles. The van der Waals surface area contributed by atoms with Gasteiger partial charge in [0.25, 0.3) is 5.91 Å². The standard InChI is InChI=1S/C14H18ClN3O3/c1-14(2,3)12(16)13(20)18-8-5-10-9(4-7(8)15)17-11(19)6-21-10/h4-5,12H,6,16H2,1-3H3,(H,17,19)(H,18,20)/t12-/m1/s1. The van der Waals surface area contributed by atoms with E-state index in [0.29, 0.717) is 22.1 Å². The molecule has 1 atom stereocenters. The molecule has 4 N–H and O–H groups in total. The highest BCUT2D eigenvalue weighted by atomic mass is 35.5. The minimum Gasteiger partial charge on any atom is -0.482 e. The first-order valence-corrected chi connectivity index (χ1v) is 6.89. The van der Waals surface area contributed by atoms with Crippen LogP contribution >= 0.6 is 11.6 Å². The maximum atomic E-state index is 12.1. The molecular formula is C14H18ClN3O3. The molecule has 2 rings (SSSR count). The quantitative estimate of drug-likeness (QED) is 0.778. The van der Waals surface area contributed by atoms with Crippen molar-refractivity contribution in [3.8, 4) is 5.75 Å². The number of carbonyl (C=O) groups excluding carboxylic acids is 2. The lowest BCUT2D eigenvalue weighted by atomic mass is 9.87. The van der Waals surface area contributed by atoms with Gasteiger partial charge in [-0.25, -0.2) is 0 Å². The minimum atomic E-state index is -0.676. The van der Waals surface area contributed by atoms with Crippen molar-refractivity contribution in [3.05, 3.63) is 17.2 Å². The number of ether oxygens (including phenoxy) is 1. The Morgan fingerprint density at radius 3 is 2.76 bits per heavy atom. The van der Waals surface area contributed by atoms with Gasteiger partial charge in [-0.2, -0.15) is 0 Å². The van der Waals surface area contributed by atoms with E-state index in [9.17, 15) is 9.59 Å². The molecule has 0 radical (unpaired) electrons. The Kier molecular flexibility index (Phi) is 4.11. The number of nitrogens with two attached hydrogens (primary N) is 1. The molecule has 0 unspecified atom stereocenters. The van der Waals surface area contributed by atoms with Crippen molar-refractivity contribution in [2.24, 2.45) is 11.1 Å². The maximum Gasteiger partial charge on any atom is 0.262 e. The van der Waals surface area contributed by atoms with E-state index in [1.807, 2.05) is 20.8 Å². The molecule has 0 aromatic heterocycles. The molecule has 0 fully saturated rings. The van der Waals surface area contributed by atoms with Crippen molar-refractivity contribution in [2.75, 3.05) is 17.2 Å². The van der Waals surface area contributed by atoms with Crippen LogP contribution in [-0.4, -0.2) is 24.5 Å². The number of fused-ring (bicyclic) bond motifs is 1. The molecule has 1 aliphatic rings.